The second kappa shape index (κ2) is 11.7. The van der Waals surface area contributed by atoms with Gasteiger partial charge in [0.1, 0.15) is 18.2 Å². The number of amides is 2. The lowest BCUT2D eigenvalue weighted by atomic mass is 9.98. The number of rotatable bonds is 10. The highest BCUT2D eigenvalue weighted by Crippen LogP contribution is 2.44. The number of aliphatic carboxylic acids is 1. The van der Waals surface area contributed by atoms with E-state index in [1.807, 2.05) is 48.5 Å². The Bertz CT molecular complexity index is 1080. The molecular weight excluding hydrogens is 464 g/mol. The molecule has 192 valence electrons. The Morgan fingerprint density at radius 3 is 2.06 bits per heavy atom. The molecule has 0 fully saturated rings. The molecule has 1 unspecified atom stereocenters. The summed E-state index contributed by atoms with van der Waals surface area (Å²) < 4.78 is 10.6. The second-order valence-corrected chi connectivity index (χ2v) is 9.62. The summed E-state index contributed by atoms with van der Waals surface area (Å²) in [6.07, 6.45) is -0.468. The molecule has 0 bridgehead atoms. The standard InChI is InChI=1S/C27H32N2O7/c1-27(2,3)36-25(33)28-15-9-8-14-22(23(30)24(31)32)29-26(34)35-16-21-19-12-6-4-10-17(19)18-11-5-7-13-20(18)21/h4-7,10-13,21-22H,8-9,14-16H2,1-3H3,(H,28,33)(H,29,34)(H,31,32). The van der Waals surface area contributed by atoms with Crippen molar-refractivity contribution in [2.75, 3.05) is 13.2 Å². The number of benzene rings is 2. The van der Waals surface area contributed by atoms with E-state index in [2.05, 4.69) is 10.6 Å². The third-order valence-electron chi connectivity index (χ3n) is 5.75. The van der Waals surface area contributed by atoms with Gasteiger partial charge in [0, 0.05) is 12.5 Å². The summed E-state index contributed by atoms with van der Waals surface area (Å²) in [5, 5.41) is 14.2. The molecule has 1 aliphatic carbocycles. The van der Waals surface area contributed by atoms with Crippen LogP contribution in [-0.2, 0) is 19.1 Å². The fraction of sp³-hybridized carbons (Fsp3) is 0.407. The van der Waals surface area contributed by atoms with Gasteiger partial charge in [-0.1, -0.05) is 48.5 Å². The van der Waals surface area contributed by atoms with Gasteiger partial charge >= 0.3 is 18.2 Å². The molecule has 3 rings (SSSR count). The number of unbranched alkanes of at least 4 members (excludes halogenated alkanes) is 1. The normalized spacial score (nSPS) is 13.2. The Morgan fingerprint density at radius 2 is 1.50 bits per heavy atom. The lowest BCUT2D eigenvalue weighted by molar-refractivity contribution is -0.150. The Balaban J connectivity index is 1.52. The molecule has 0 aliphatic heterocycles. The number of nitrogens with one attached hydrogen (secondary N) is 2. The summed E-state index contributed by atoms with van der Waals surface area (Å²) in [7, 11) is 0. The van der Waals surface area contributed by atoms with E-state index in [-0.39, 0.29) is 25.5 Å². The Morgan fingerprint density at radius 1 is 0.917 bits per heavy atom. The maximum Gasteiger partial charge on any atom is 0.407 e. The summed E-state index contributed by atoms with van der Waals surface area (Å²) >= 11 is 0. The maximum atomic E-state index is 12.5. The van der Waals surface area contributed by atoms with Crippen molar-refractivity contribution in [2.45, 2.75) is 57.6 Å². The van der Waals surface area contributed by atoms with Crippen LogP contribution in [0.2, 0.25) is 0 Å². The quantitative estimate of drug-likeness (QED) is 0.331. The Labute approximate surface area is 210 Å². The van der Waals surface area contributed by atoms with Gasteiger partial charge in [-0.2, -0.15) is 0 Å². The summed E-state index contributed by atoms with van der Waals surface area (Å²) in [6.45, 7) is 5.60. The van der Waals surface area contributed by atoms with Crippen LogP contribution in [0.1, 0.15) is 57.1 Å². The molecule has 2 amide bonds. The third kappa shape index (κ3) is 7.07. The summed E-state index contributed by atoms with van der Waals surface area (Å²) in [5.74, 6) is -2.91. The van der Waals surface area contributed by atoms with E-state index in [0.717, 1.165) is 22.3 Å². The average Bonchev–Trinajstić information content (AvgIpc) is 3.14. The number of hydrogen-bond acceptors (Lipinski definition) is 6. The molecule has 9 heteroatoms. The predicted molar refractivity (Wildman–Crippen MR) is 133 cm³/mol. The van der Waals surface area contributed by atoms with Gasteiger partial charge < -0.3 is 25.2 Å². The number of Topliss-reactive ketones (excluding diaryl/α,β-unsaturated/α-hetero) is 1. The van der Waals surface area contributed by atoms with E-state index >= 15 is 0 Å². The molecule has 36 heavy (non-hydrogen) atoms. The van der Waals surface area contributed by atoms with Crippen molar-refractivity contribution in [3.63, 3.8) is 0 Å². The van der Waals surface area contributed by atoms with Gasteiger partial charge in [0.25, 0.3) is 5.78 Å². The zero-order valence-corrected chi connectivity index (χ0v) is 20.7. The molecule has 0 aromatic heterocycles. The van der Waals surface area contributed by atoms with Crippen LogP contribution in [0.5, 0.6) is 0 Å². The Kier molecular flexibility index (Phi) is 8.68. The number of carbonyl (C=O) groups is 4. The van der Waals surface area contributed by atoms with Crippen molar-refractivity contribution in [1.29, 1.82) is 0 Å². The highest BCUT2D eigenvalue weighted by atomic mass is 16.6. The fourth-order valence-electron chi connectivity index (χ4n) is 4.18. The number of carbonyl (C=O) groups excluding carboxylic acids is 3. The zero-order valence-electron chi connectivity index (χ0n) is 20.7. The van der Waals surface area contributed by atoms with Crippen LogP contribution < -0.4 is 10.6 Å². The SMILES string of the molecule is CC(C)(C)OC(=O)NCCCCC(NC(=O)OCC1c2ccccc2-c2ccccc21)C(=O)C(=O)O. The first kappa shape index (κ1) is 26.7. The topological polar surface area (TPSA) is 131 Å². The molecule has 9 nitrogen and oxygen atoms in total. The molecule has 0 radical (unpaired) electrons. The smallest absolute Gasteiger partial charge is 0.407 e. The predicted octanol–water partition coefficient (Wildman–Crippen LogP) is 4.24. The van der Waals surface area contributed by atoms with Crippen LogP contribution in [0.15, 0.2) is 48.5 Å². The van der Waals surface area contributed by atoms with Crippen LogP contribution in [-0.4, -0.2) is 53.8 Å². The van der Waals surface area contributed by atoms with Crippen LogP contribution in [0.3, 0.4) is 0 Å². The largest absolute Gasteiger partial charge is 0.475 e. The first-order valence-electron chi connectivity index (χ1n) is 11.9. The zero-order chi connectivity index (χ0) is 26.3. The van der Waals surface area contributed by atoms with Crippen LogP contribution in [0.25, 0.3) is 11.1 Å². The van der Waals surface area contributed by atoms with Crippen molar-refractivity contribution in [3.05, 3.63) is 59.7 Å². The number of hydrogen-bond donors (Lipinski definition) is 3. The van der Waals surface area contributed by atoms with Gasteiger partial charge in [-0.3, -0.25) is 4.79 Å². The van der Waals surface area contributed by atoms with E-state index in [0.29, 0.717) is 12.8 Å². The van der Waals surface area contributed by atoms with Gasteiger partial charge in [0.05, 0.1) is 0 Å². The summed E-state index contributed by atoms with van der Waals surface area (Å²) in [4.78, 5) is 47.6. The van der Waals surface area contributed by atoms with E-state index in [9.17, 15) is 19.2 Å². The van der Waals surface area contributed by atoms with Gasteiger partial charge in [0.2, 0.25) is 0 Å². The van der Waals surface area contributed by atoms with E-state index < -0.39 is 35.6 Å². The third-order valence-corrected chi connectivity index (χ3v) is 5.75. The molecule has 1 atom stereocenters. The highest BCUT2D eigenvalue weighted by Gasteiger charge is 2.30. The van der Waals surface area contributed by atoms with Crippen molar-refractivity contribution in [2.24, 2.45) is 0 Å². The van der Waals surface area contributed by atoms with Crippen molar-refractivity contribution in [3.8, 4) is 11.1 Å². The van der Waals surface area contributed by atoms with Crippen LogP contribution in [0, 0.1) is 0 Å². The second-order valence-electron chi connectivity index (χ2n) is 9.62. The lowest BCUT2D eigenvalue weighted by Crippen LogP contribution is -2.44. The minimum Gasteiger partial charge on any atom is -0.475 e. The van der Waals surface area contributed by atoms with Crippen molar-refractivity contribution < 1.29 is 33.8 Å². The van der Waals surface area contributed by atoms with Crippen molar-refractivity contribution >= 4 is 23.9 Å². The molecule has 0 saturated heterocycles. The highest BCUT2D eigenvalue weighted by molar-refractivity contribution is 6.35. The molecule has 0 saturated carbocycles. The first-order chi connectivity index (χ1) is 17.1. The van der Waals surface area contributed by atoms with Crippen LogP contribution in [0.4, 0.5) is 9.59 Å². The van der Waals surface area contributed by atoms with E-state index in [1.54, 1.807) is 20.8 Å². The average molecular weight is 497 g/mol. The van der Waals surface area contributed by atoms with Gasteiger partial charge in [-0.15, -0.1) is 0 Å². The van der Waals surface area contributed by atoms with Gasteiger partial charge in [0.15, 0.2) is 0 Å². The van der Waals surface area contributed by atoms with E-state index in [1.165, 1.54) is 0 Å². The number of fused-ring (bicyclic) bond motifs is 3. The molecule has 1 aliphatic rings. The fourth-order valence-corrected chi connectivity index (χ4v) is 4.18. The minimum absolute atomic E-state index is 0.0493. The van der Waals surface area contributed by atoms with Crippen molar-refractivity contribution in [1.82, 2.24) is 10.6 Å². The summed E-state index contributed by atoms with van der Waals surface area (Å²) in [5.41, 5.74) is 3.64. The van der Waals surface area contributed by atoms with E-state index in [4.69, 9.17) is 14.6 Å². The molecule has 0 heterocycles. The number of alkyl carbamates (subject to hydrolysis) is 2. The van der Waals surface area contributed by atoms with Gasteiger partial charge in [-0.05, 0) is 62.3 Å². The molecule has 3 N–H and O–H groups in total. The molecular formula is C27H32N2O7. The molecule has 2 aromatic carbocycles. The minimum atomic E-state index is -1.63. The number of carboxylic acids is 1. The molecule has 0 spiro atoms. The summed E-state index contributed by atoms with van der Waals surface area (Å²) in [6, 6.07) is 14.6. The lowest BCUT2D eigenvalue weighted by Gasteiger charge is -2.20. The van der Waals surface area contributed by atoms with Gasteiger partial charge in [-0.25, -0.2) is 14.4 Å². The number of ether oxygens (including phenoxy) is 2. The van der Waals surface area contributed by atoms with Crippen LogP contribution >= 0.6 is 0 Å². The number of ketones is 1. The number of carboxylic acid groups (broad SMARTS) is 1. The monoisotopic (exact) mass is 496 g/mol. The first-order valence-corrected chi connectivity index (χ1v) is 11.9. The Hall–Kier alpha value is -3.88. The maximum absolute atomic E-state index is 12.5. The molecule has 2 aromatic rings.